The lowest BCUT2D eigenvalue weighted by Crippen LogP contribution is -2.40. The molecule has 1 aromatic carbocycles. The summed E-state index contributed by atoms with van der Waals surface area (Å²) in [6, 6.07) is 10.5. The van der Waals surface area contributed by atoms with E-state index in [1.807, 2.05) is 0 Å². The smallest absolute Gasteiger partial charge is 0.254 e. The zero-order valence-corrected chi connectivity index (χ0v) is 16.2. The number of methoxy groups -OCH3 is 1. The lowest BCUT2D eigenvalue weighted by atomic mass is 10.1. The monoisotopic (exact) mass is 406 g/mol. The van der Waals surface area contributed by atoms with Crippen molar-refractivity contribution in [3.05, 3.63) is 48.2 Å². The number of morpholine rings is 1. The largest absolute Gasteiger partial charge is 0.481 e. The Balaban J connectivity index is 1.57. The molecule has 30 heavy (non-hydrogen) atoms. The molecule has 0 bridgehead atoms. The van der Waals surface area contributed by atoms with Crippen molar-refractivity contribution in [2.45, 2.75) is 0 Å². The number of benzene rings is 1. The Bertz CT molecular complexity index is 1230. The number of carbonyl (C=O) groups is 1. The van der Waals surface area contributed by atoms with E-state index >= 15 is 0 Å². The highest BCUT2D eigenvalue weighted by atomic mass is 16.7. The van der Waals surface area contributed by atoms with Crippen LogP contribution in [0.5, 0.6) is 11.6 Å². The second kappa shape index (κ2) is 7.56. The summed E-state index contributed by atoms with van der Waals surface area (Å²) in [4.78, 5) is 30.6. The molecule has 0 N–H and O–H groups in total. The van der Waals surface area contributed by atoms with E-state index in [0.717, 1.165) is 0 Å². The Hall–Kier alpha value is -3.79. The number of ether oxygens (including phenoxy) is 2. The molecule has 5 rings (SSSR count). The van der Waals surface area contributed by atoms with Gasteiger partial charge in [0.05, 0.1) is 25.8 Å². The van der Waals surface area contributed by atoms with Gasteiger partial charge in [0.15, 0.2) is 5.75 Å². The van der Waals surface area contributed by atoms with E-state index in [1.165, 1.54) is 12.0 Å². The van der Waals surface area contributed by atoms with E-state index in [0.29, 0.717) is 65.6 Å². The number of aromatic nitrogens is 5. The number of hydrogen-bond donors (Lipinski definition) is 0. The summed E-state index contributed by atoms with van der Waals surface area (Å²) in [5.74, 6) is 0.739. The van der Waals surface area contributed by atoms with Crippen LogP contribution in [0.4, 0.5) is 0 Å². The summed E-state index contributed by atoms with van der Waals surface area (Å²) >= 11 is 0. The number of carbonyl (C=O) groups excluding carboxylic acids is 1. The number of hydrogen-bond acceptors (Lipinski definition) is 8. The summed E-state index contributed by atoms with van der Waals surface area (Å²) < 4.78 is 10.6. The molecule has 1 amide bonds. The van der Waals surface area contributed by atoms with Gasteiger partial charge in [0, 0.05) is 36.3 Å². The minimum Gasteiger partial charge on any atom is -0.481 e. The standard InChI is InChI=1S/C20H18N6O4/c1-28-18-12-17(30-26-19-16(23-24-26)3-2-6-21-19)14-11-13(4-5-15(14)22-18)20(27)25-7-9-29-10-8-25/h2-6,11-12H,7-10H2,1H3. The summed E-state index contributed by atoms with van der Waals surface area (Å²) in [7, 11) is 1.53. The quantitative estimate of drug-likeness (QED) is 0.504. The molecule has 0 saturated carbocycles. The van der Waals surface area contributed by atoms with Gasteiger partial charge in [0.2, 0.25) is 11.5 Å². The second-order valence-corrected chi connectivity index (χ2v) is 6.70. The van der Waals surface area contributed by atoms with Crippen molar-refractivity contribution in [1.29, 1.82) is 0 Å². The number of nitrogens with zero attached hydrogens (tertiary/aromatic N) is 6. The van der Waals surface area contributed by atoms with E-state index in [2.05, 4.69) is 20.3 Å². The van der Waals surface area contributed by atoms with Crippen molar-refractivity contribution in [3.63, 3.8) is 0 Å². The van der Waals surface area contributed by atoms with Gasteiger partial charge in [-0.3, -0.25) is 4.79 Å². The Kier molecular flexibility index (Phi) is 4.60. The molecule has 10 heteroatoms. The topological polar surface area (TPSA) is 104 Å². The Morgan fingerprint density at radius 1 is 1.13 bits per heavy atom. The first-order valence-corrected chi connectivity index (χ1v) is 9.43. The average molecular weight is 406 g/mol. The summed E-state index contributed by atoms with van der Waals surface area (Å²) in [5, 5.41) is 8.71. The maximum atomic E-state index is 12.9. The maximum Gasteiger partial charge on any atom is 0.254 e. The second-order valence-electron chi connectivity index (χ2n) is 6.70. The van der Waals surface area contributed by atoms with Gasteiger partial charge in [0.1, 0.15) is 5.52 Å². The fraction of sp³-hybridized carbons (Fsp3) is 0.250. The van der Waals surface area contributed by atoms with Crippen molar-refractivity contribution in [3.8, 4) is 11.6 Å². The molecule has 1 aliphatic rings. The molecule has 0 spiro atoms. The SMILES string of the molecule is COc1cc(On2nnc3cccnc32)c2cc(C(=O)N3CCOCC3)ccc2n1. The number of rotatable bonds is 4. The zero-order chi connectivity index (χ0) is 20.5. The lowest BCUT2D eigenvalue weighted by Gasteiger charge is -2.27. The minimum atomic E-state index is -0.0603. The third-order valence-corrected chi connectivity index (χ3v) is 4.87. The number of pyridine rings is 2. The Morgan fingerprint density at radius 3 is 2.83 bits per heavy atom. The first-order valence-electron chi connectivity index (χ1n) is 9.43. The number of amides is 1. The van der Waals surface area contributed by atoms with E-state index in [1.54, 1.807) is 47.5 Å². The van der Waals surface area contributed by atoms with E-state index in [9.17, 15) is 4.79 Å². The molecule has 152 valence electrons. The van der Waals surface area contributed by atoms with E-state index < -0.39 is 0 Å². The molecule has 4 heterocycles. The van der Waals surface area contributed by atoms with Gasteiger partial charge >= 0.3 is 0 Å². The van der Waals surface area contributed by atoms with Crippen molar-refractivity contribution in [2.75, 3.05) is 33.4 Å². The highest BCUT2D eigenvalue weighted by Gasteiger charge is 2.20. The molecule has 1 saturated heterocycles. The van der Waals surface area contributed by atoms with Crippen LogP contribution in [0.2, 0.25) is 0 Å². The molecular weight excluding hydrogens is 388 g/mol. The van der Waals surface area contributed by atoms with E-state index in [4.69, 9.17) is 14.3 Å². The molecule has 10 nitrogen and oxygen atoms in total. The highest BCUT2D eigenvalue weighted by molar-refractivity contribution is 5.99. The molecule has 1 aliphatic heterocycles. The van der Waals surface area contributed by atoms with Crippen molar-refractivity contribution in [1.82, 2.24) is 30.0 Å². The average Bonchev–Trinajstić information content (AvgIpc) is 3.21. The molecule has 4 aromatic rings. The van der Waals surface area contributed by atoms with E-state index in [-0.39, 0.29) is 5.91 Å². The van der Waals surface area contributed by atoms with Gasteiger partial charge in [0.25, 0.3) is 5.91 Å². The molecule has 0 atom stereocenters. The third-order valence-electron chi connectivity index (χ3n) is 4.87. The molecular formula is C20H18N6O4. The van der Waals surface area contributed by atoms with Crippen LogP contribution in [0.15, 0.2) is 42.6 Å². The van der Waals surface area contributed by atoms with Crippen molar-refractivity contribution >= 4 is 28.0 Å². The first-order chi connectivity index (χ1) is 14.7. The number of fused-ring (bicyclic) bond motifs is 2. The van der Waals surface area contributed by atoms with Crippen molar-refractivity contribution < 1.29 is 19.1 Å². The predicted molar refractivity (Wildman–Crippen MR) is 106 cm³/mol. The molecule has 3 aromatic heterocycles. The van der Waals surface area contributed by atoms with Crippen LogP contribution in [0, 0.1) is 0 Å². The minimum absolute atomic E-state index is 0.0603. The highest BCUT2D eigenvalue weighted by Crippen LogP contribution is 2.30. The molecule has 0 unspecified atom stereocenters. The van der Waals surface area contributed by atoms with Crippen LogP contribution in [0.25, 0.3) is 22.1 Å². The summed E-state index contributed by atoms with van der Waals surface area (Å²) in [6.07, 6.45) is 1.63. The predicted octanol–water partition coefficient (Wildman–Crippen LogP) is 1.70. The van der Waals surface area contributed by atoms with Gasteiger partial charge in [-0.05, 0) is 35.5 Å². The lowest BCUT2D eigenvalue weighted by molar-refractivity contribution is 0.0303. The zero-order valence-electron chi connectivity index (χ0n) is 16.2. The van der Waals surface area contributed by atoms with Crippen LogP contribution in [0.3, 0.4) is 0 Å². The van der Waals surface area contributed by atoms with Crippen LogP contribution in [-0.4, -0.2) is 69.3 Å². The Labute approximate surface area is 170 Å². The van der Waals surface area contributed by atoms with Crippen LogP contribution >= 0.6 is 0 Å². The van der Waals surface area contributed by atoms with Gasteiger partial charge in [-0.25, -0.2) is 9.97 Å². The van der Waals surface area contributed by atoms with Crippen molar-refractivity contribution in [2.24, 2.45) is 0 Å². The maximum absolute atomic E-state index is 12.9. The van der Waals surface area contributed by atoms with Gasteiger partial charge in [-0.1, -0.05) is 4.85 Å². The fourth-order valence-corrected chi connectivity index (χ4v) is 3.33. The fourth-order valence-electron chi connectivity index (χ4n) is 3.33. The van der Waals surface area contributed by atoms with Gasteiger partial charge in [-0.15, -0.1) is 5.10 Å². The first kappa shape index (κ1) is 18.3. The normalized spacial score (nSPS) is 14.2. The van der Waals surface area contributed by atoms with Crippen LogP contribution < -0.4 is 9.57 Å². The van der Waals surface area contributed by atoms with Gasteiger partial charge in [-0.2, -0.15) is 0 Å². The molecule has 0 aliphatic carbocycles. The van der Waals surface area contributed by atoms with Crippen LogP contribution in [0.1, 0.15) is 10.4 Å². The van der Waals surface area contributed by atoms with Gasteiger partial charge < -0.3 is 19.2 Å². The van der Waals surface area contributed by atoms with Crippen LogP contribution in [-0.2, 0) is 4.74 Å². The summed E-state index contributed by atoms with van der Waals surface area (Å²) in [6.45, 7) is 2.22. The third kappa shape index (κ3) is 3.26. The summed E-state index contributed by atoms with van der Waals surface area (Å²) in [5.41, 5.74) is 2.25. The Morgan fingerprint density at radius 2 is 2.00 bits per heavy atom. The molecule has 0 radical (unpaired) electrons. The molecule has 1 fully saturated rings.